The van der Waals surface area contributed by atoms with Crippen molar-refractivity contribution in [2.24, 2.45) is 10.8 Å². The third kappa shape index (κ3) is 3.22. The highest BCUT2D eigenvalue weighted by Crippen LogP contribution is 2.49. The number of rotatable bonds is 4. The molecule has 2 nitrogen and oxygen atoms in total. The van der Waals surface area contributed by atoms with Gasteiger partial charge in [-0.25, -0.2) is 0 Å². The minimum atomic E-state index is 0.371. The summed E-state index contributed by atoms with van der Waals surface area (Å²) >= 11 is 0. The van der Waals surface area contributed by atoms with Crippen molar-refractivity contribution in [3.8, 4) is 6.07 Å². The Kier molecular flexibility index (Phi) is 3.50. The van der Waals surface area contributed by atoms with Crippen LogP contribution in [-0.2, 0) is 0 Å². The van der Waals surface area contributed by atoms with Crippen molar-refractivity contribution in [3.63, 3.8) is 0 Å². The molecule has 0 atom stereocenters. The Balaban J connectivity index is 1.81. The second-order valence-corrected chi connectivity index (χ2v) is 7.15. The van der Waals surface area contributed by atoms with Gasteiger partial charge in [-0.2, -0.15) is 5.26 Å². The molecule has 17 heavy (non-hydrogen) atoms. The van der Waals surface area contributed by atoms with Crippen LogP contribution in [0.3, 0.4) is 0 Å². The molecule has 96 valence electrons. The van der Waals surface area contributed by atoms with Crippen molar-refractivity contribution < 1.29 is 0 Å². The molecular formula is C15H26N2. The minimum absolute atomic E-state index is 0.371. The Morgan fingerprint density at radius 3 is 2.24 bits per heavy atom. The summed E-state index contributed by atoms with van der Waals surface area (Å²) in [6, 6.07) is 3.13. The van der Waals surface area contributed by atoms with Gasteiger partial charge >= 0.3 is 0 Å². The van der Waals surface area contributed by atoms with Crippen molar-refractivity contribution in [1.29, 1.82) is 5.26 Å². The van der Waals surface area contributed by atoms with E-state index in [1.54, 1.807) is 0 Å². The van der Waals surface area contributed by atoms with Gasteiger partial charge in [-0.3, -0.25) is 0 Å². The van der Waals surface area contributed by atoms with Crippen LogP contribution in [0.1, 0.15) is 58.8 Å². The number of hydrogen-bond acceptors (Lipinski definition) is 2. The van der Waals surface area contributed by atoms with E-state index in [0.717, 1.165) is 19.0 Å². The normalized spacial score (nSPS) is 26.8. The van der Waals surface area contributed by atoms with Gasteiger partial charge in [0.2, 0.25) is 0 Å². The van der Waals surface area contributed by atoms with E-state index >= 15 is 0 Å². The molecule has 0 amide bonds. The first-order valence-electron chi connectivity index (χ1n) is 7.04. The molecule has 0 aromatic carbocycles. The number of nitrogens with zero attached hydrogens (tertiary/aromatic N) is 2. The van der Waals surface area contributed by atoms with E-state index in [2.05, 4.69) is 31.9 Å². The SMILES string of the molecule is CN(CC1(CC#N)CC1)C1CCC(C)(C)CC1. The first-order valence-corrected chi connectivity index (χ1v) is 7.04. The Morgan fingerprint density at radius 1 is 1.18 bits per heavy atom. The van der Waals surface area contributed by atoms with E-state index in [9.17, 15) is 0 Å². The lowest BCUT2D eigenvalue weighted by atomic mass is 9.75. The van der Waals surface area contributed by atoms with Crippen molar-refractivity contribution >= 4 is 0 Å². The second-order valence-electron chi connectivity index (χ2n) is 7.15. The molecule has 0 aromatic rings. The predicted molar refractivity (Wildman–Crippen MR) is 70.6 cm³/mol. The summed E-state index contributed by atoms with van der Waals surface area (Å²) in [5.41, 5.74) is 0.928. The molecule has 0 N–H and O–H groups in total. The molecule has 0 radical (unpaired) electrons. The molecule has 2 saturated carbocycles. The number of hydrogen-bond donors (Lipinski definition) is 0. The van der Waals surface area contributed by atoms with Crippen LogP contribution < -0.4 is 0 Å². The molecule has 2 fully saturated rings. The average Bonchev–Trinajstić information content (AvgIpc) is 2.98. The van der Waals surface area contributed by atoms with E-state index in [1.165, 1.54) is 38.5 Å². The van der Waals surface area contributed by atoms with Gasteiger partial charge in [-0.05, 0) is 56.4 Å². The molecule has 0 unspecified atom stereocenters. The van der Waals surface area contributed by atoms with Crippen LogP contribution in [0.25, 0.3) is 0 Å². The zero-order valence-electron chi connectivity index (χ0n) is 11.6. The monoisotopic (exact) mass is 234 g/mol. The quantitative estimate of drug-likeness (QED) is 0.743. The highest BCUT2D eigenvalue weighted by atomic mass is 15.1. The van der Waals surface area contributed by atoms with Crippen molar-refractivity contribution in [3.05, 3.63) is 0 Å². The smallest absolute Gasteiger partial charge is 0.0628 e. The fourth-order valence-corrected chi connectivity index (χ4v) is 3.22. The van der Waals surface area contributed by atoms with Crippen LogP contribution in [0.4, 0.5) is 0 Å². The fourth-order valence-electron chi connectivity index (χ4n) is 3.22. The zero-order valence-corrected chi connectivity index (χ0v) is 11.6. The molecule has 2 aliphatic rings. The van der Waals surface area contributed by atoms with Crippen molar-refractivity contribution in [1.82, 2.24) is 4.90 Å². The summed E-state index contributed by atoms with van der Waals surface area (Å²) < 4.78 is 0. The Morgan fingerprint density at radius 2 is 1.76 bits per heavy atom. The van der Waals surface area contributed by atoms with Crippen LogP contribution >= 0.6 is 0 Å². The van der Waals surface area contributed by atoms with Gasteiger partial charge in [0, 0.05) is 19.0 Å². The third-order valence-corrected chi connectivity index (χ3v) is 4.93. The number of nitriles is 1. The maximum absolute atomic E-state index is 8.87. The maximum atomic E-state index is 8.87. The van der Waals surface area contributed by atoms with Crippen molar-refractivity contribution in [2.45, 2.75) is 64.8 Å². The van der Waals surface area contributed by atoms with Crippen LogP contribution in [-0.4, -0.2) is 24.5 Å². The fraction of sp³-hybridized carbons (Fsp3) is 0.933. The lowest BCUT2D eigenvalue weighted by Gasteiger charge is -2.39. The van der Waals surface area contributed by atoms with Crippen LogP contribution in [0.15, 0.2) is 0 Å². The summed E-state index contributed by atoms with van der Waals surface area (Å²) in [5.74, 6) is 0. The Bertz CT molecular complexity index is 299. The Hall–Kier alpha value is -0.550. The van der Waals surface area contributed by atoms with E-state index < -0.39 is 0 Å². The van der Waals surface area contributed by atoms with Crippen molar-refractivity contribution in [2.75, 3.05) is 13.6 Å². The molecule has 0 spiro atoms. The van der Waals surface area contributed by atoms with Gasteiger partial charge in [0.25, 0.3) is 0 Å². The highest BCUT2D eigenvalue weighted by Gasteiger charge is 2.44. The third-order valence-electron chi connectivity index (χ3n) is 4.93. The molecule has 0 saturated heterocycles. The molecular weight excluding hydrogens is 208 g/mol. The largest absolute Gasteiger partial charge is 0.303 e. The van der Waals surface area contributed by atoms with E-state index in [0.29, 0.717) is 10.8 Å². The highest BCUT2D eigenvalue weighted by molar-refractivity contribution is 5.01. The average molecular weight is 234 g/mol. The van der Waals surface area contributed by atoms with E-state index in [1.807, 2.05) is 0 Å². The first kappa shape index (κ1) is 12.9. The molecule has 2 heteroatoms. The minimum Gasteiger partial charge on any atom is -0.303 e. The summed E-state index contributed by atoms with van der Waals surface area (Å²) in [7, 11) is 2.26. The molecule has 0 aliphatic heterocycles. The topological polar surface area (TPSA) is 27.0 Å². The Labute approximate surface area is 106 Å². The second kappa shape index (κ2) is 4.61. The lowest BCUT2D eigenvalue weighted by Crippen LogP contribution is -2.40. The van der Waals surface area contributed by atoms with Gasteiger partial charge in [-0.15, -0.1) is 0 Å². The summed E-state index contributed by atoms with van der Waals surface area (Å²) in [5, 5.41) is 8.87. The van der Waals surface area contributed by atoms with E-state index in [4.69, 9.17) is 5.26 Å². The maximum Gasteiger partial charge on any atom is 0.0628 e. The standard InChI is InChI=1S/C15H26N2/c1-14(2)6-4-13(5-7-14)17(3)12-15(8-9-15)10-11-16/h13H,4-10,12H2,1-3H3. The van der Waals surface area contributed by atoms with Gasteiger partial charge in [0.1, 0.15) is 0 Å². The van der Waals surface area contributed by atoms with E-state index in [-0.39, 0.29) is 0 Å². The molecule has 2 aliphatic carbocycles. The molecule has 0 aromatic heterocycles. The van der Waals surface area contributed by atoms with Gasteiger partial charge in [-0.1, -0.05) is 13.8 Å². The zero-order chi connectivity index (χ0) is 12.5. The van der Waals surface area contributed by atoms with Gasteiger partial charge < -0.3 is 4.90 Å². The summed E-state index contributed by atoms with van der Waals surface area (Å²) in [6.45, 7) is 5.92. The summed E-state index contributed by atoms with van der Waals surface area (Å²) in [6.07, 6.45) is 8.68. The first-order chi connectivity index (χ1) is 7.96. The van der Waals surface area contributed by atoms with Gasteiger partial charge in [0.15, 0.2) is 0 Å². The predicted octanol–water partition coefficient (Wildman–Crippen LogP) is 3.58. The summed E-state index contributed by atoms with van der Waals surface area (Å²) in [4.78, 5) is 2.54. The van der Waals surface area contributed by atoms with Crippen LogP contribution in [0, 0.1) is 22.2 Å². The molecule has 0 bridgehead atoms. The van der Waals surface area contributed by atoms with Crippen LogP contribution in [0.5, 0.6) is 0 Å². The van der Waals surface area contributed by atoms with Crippen LogP contribution in [0.2, 0.25) is 0 Å². The lowest BCUT2D eigenvalue weighted by molar-refractivity contribution is 0.111. The molecule has 2 rings (SSSR count). The molecule has 0 heterocycles. The van der Waals surface area contributed by atoms with Gasteiger partial charge in [0.05, 0.1) is 6.07 Å².